The lowest BCUT2D eigenvalue weighted by molar-refractivity contribution is -0.141. The number of aliphatic carboxylic acids is 1. The zero-order valence-corrected chi connectivity index (χ0v) is 14.1. The lowest BCUT2D eigenvalue weighted by Crippen LogP contribution is -2.46. The van der Waals surface area contributed by atoms with Crippen LogP contribution in [0.1, 0.15) is 32.1 Å². The molecule has 132 valence electrons. The molecular weight excluding hydrogens is 337 g/mol. The molecule has 1 aromatic rings. The lowest BCUT2D eigenvalue weighted by Gasteiger charge is -2.32. The van der Waals surface area contributed by atoms with E-state index >= 15 is 0 Å². The number of nitrogens with zero attached hydrogens (tertiary/aromatic N) is 1. The molecule has 1 saturated heterocycles. The van der Waals surface area contributed by atoms with Crippen molar-refractivity contribution >= 4 is 16.0 Å². The smallest absolute Gasteiger partial charge is 0.322 e. The standard InChI is InChI=1S/C16H20FNO5S/c1-23-11-6-7-15(12(17)9-11)24(21,22)18-13-5-3-2-4-10(13)8-14(18)16(19)20/h6-7,9-10,13-14H,2-5,8H2,1H3,(H,19,20). The molecule has 0 aromatic heterocycles. The molecule has 1 saturated carbocycles. The van der Waals surface area contributed by atoms with E-state index < -0.39 is 32.7 Å². The van der Waals surface area contributed by atoms with Crippen molar-refractivity contribution in [1.29, 1.82) is 0 Å². The Morgan fingerprint density at radius 3 is 2.67 bits per heavy atom. The first-order valence-electron chi connectivity index (χ1n) is 7.96. The highest BCUT2D eigenvalue weighted by atomic mass is 32.2. The molecule has 1 aromatic carbocycles. The molecule has 8 heteroatoms. The summed E-state index contributed by atoms with van der Waals surface area (Å²) in [7, 11) is -2.88. The monoisotopic (exact) mass is 357 g/mol. The van der Waals surface area contributed by atoms with Gasteiger partial charge < -0.3 is 9.84 Å². The Morgan fingerprint density at radius 2 is 2.04 bits per heavy atom. The van der Waals surface area contributed by atoms with Crippen LogP contribution in [-0.4, -0.2) is 43.0 Å². The zero-order valence-electron chi connectivity index (χ0n) is 13.3. The van der Waals surface area contributed by atoms with E-state index in [1.54, 1.807) is 0 Å². The molecule has 1 N–H and O–H groups in total. The molecule has 0 radical (unpaired) electrons. The Hall–Kier alpha value is -1.67. The quantitative estimate of drug-likeness (QED) is 0.893. The van der Waals surface area contributed by atoms with E-state index in [-0.39, 0.29) is 24.1 Å². The number of hydrogen-bond donors (Lipinski definition) is 1. The minimum absolute atomic E-state index is 0.0240. The highest BCUT2D eigenvalue weighted by Crippen LogP contribution is 2.43. The van der Waals surface area contributed by atoms with E-state index in [0.29, 0.717) is 6.42 Å². The van der Waals surface area contributed by atoms with Gasteiger partial charge in [-0.3, -0.25) is 4.79 Å². The maximum Gasteiger partial charge on any atom is 0.322 e. The number of carboxylic acids is 1. The van der Waals surface area contributed by atoms with Crippen LogP contribution in [0.15, 0.2) is 23.1 Å². The average molecular weight is 357 g/mol. The number of sulfonamides is 1. The molecular formula is C16H20FNO5S. The van der Waals surface area contributed by atoms with Crippen LogP contribution in [0.25, 0.3) is 0 Å². The average Bonchev–Trinajstić information content (AvgIpc) is 2.95. The Balaban J connectivity index is 2.04. The number of hydrogen-bond acceptors (Lipinski definition) is 4. The second-order valence-corrected chi connectivity index (χ2v) is 8.14. The molecule has 24 heavy (non-hydrogen) atoms. The van der Waals surface area contributed by atoms with Crippen LogP contribution < -0.4 is 4.74 Å². The summed E-state index contributed by atoms with van der Waals surface area (Å²) in [5, 5.41) is 9.47. The molecule has 1 aliphatic heterocycles. The molecule has 2 fully saturated rings. The van der Waals surface area contributed by atoms with E-state index in [1.165, 1.54) is 13.2 Å². The predicted octanol–water partition coefficient (Wildman–Crippen LogP) is 2.24. The lowest BCUT2D eigenvalue weighted by atomic mass is 9.85. The van der Waals surface area contributed by atoms with Gasteiger partial charge in [0.25, 0.3) is 0 Å². The van der Waals surface area contributed by atoms with Crippen LogP contribution in [0.2, 0.25) is 0 Å². The van der Waals surface area contributed by atoms with Gasteiger partial charge in [-0.2, -0.15) is 4.31 Å². The number of carboxylic acid groups (broad SMARTS) is 1. The van der Waals surface area contributed by atoms with Gasteiger partial charge in [0.1, 0.15) is 22.5 Å². The van der Waals surface area contributed by atoms with Gasteiger partial charge in [0.15, 0.2) is 0 Å². The van der Waals surface area contributed by atoms with Crippen LogP contribution in [0.3, 0.4) is 0 Å². The van der Waals surface area contributed by atoms with Gasteiger partial charge in [0.2, 0.25) is 10.0 Å². The molecule has 1 heterocycles. The number of halogens is 1. The number of fused-ring (bicyclic) bond motifs is 1. The fourth-order valence-electron chi connectivity index (χ4n) is 3.91. The summed E-state index contributed by atoms with van der Waals surface area (Å²) in [6, 6.07) is 1.99. The first-order chi connectivity index (χ1) is 11.4. The molecule has 0 amide bonds. The fourth-order valence-corrected chi connectivity index (χ4v) is 5.82. The van der Waals surface area contributed by atoms with Gasteiger partial charge in [-0.15, -0.1) is 0 Å². The third-order valence-corrected chi connectivity index (χ3v) is 6.98. The maximum atomic E-state index is 14.3. The van der Waals surface area contributed by atoms with Crippen LogP contribution in [-0.2, 0) is 14.8 Å². The van der Waals surface area contributed by atoms with Gasteiger partial charge in [-0.1, -0.05) is 12.8 Å². The summed E-state index contributed by atoms with van der Waals surface area (Å²) in [6.07, 6.45) is 3.54. The van der Waals surface area contributed by atoms with Gasteiger partial charge in [0.05, 0.1) is 7.11 Å². The first kappa shape index (κ1) is 17.2. The summed E-state index contributed by atoms with van der Waals surface area (Å²) < 4.78 is 46.2. The van der Waals surface area contributed by atoms with Crippen molar-refractivity contribution in [2.24, 2.45) is 5.92 Å². The third kappa shape index (κ3) is 2.77. The van der Waals surface area contributed by atoms with E-state index in [4.69, 9.17) is 4.74 Å². The Kier molecular flexibility index (Phi) is 4.52. The van der Waals surface area contributed by atoms with Crippen LogP contribution in [0, 0.1) is 11.7 Å². The van der Waals surface area contributed by atoms with Crippen molar-refractivity contribution in [2.75, 3.05) is 7.11 Å². The van der Waals surface area contributed by atoms with Crippen LogP contribution in [0.5, 0.6) is 5.75 Å². The zero-order chi connectivity index (χ0) is 17.5. The fraction of sp³-hybridized carbons (Fsp3) is 0.562. The van der Waals surface area contributed by atoms with Gasteiger partial charge in [0, 0.05) is 12.1 Å². The highest BCUT2D eigenvalue weighted by molar-refractivity contribution is 7.89. The highest BCUT2D eigenvalue weighted by Gasteiger charge is 2.51. The maximum absolute atomic E-state index is 14.3. The second kappa shape index (κ2) is 6.33. The number of ether oxygens (including phenoxy) is 1. The molecule has 3 atom stereocenters. The van der Waals surface area contributed by atoms with Crippen molar-refractivity contribution in [3.63, 3.8) is 0 Å². The Bertz CT molecular complexity index is 751. The third-order valence-electron chi connectivity index (χ3n) is 5.01. The molecule has 0 bridgehead atoms. The minimum Gasteiger partial charge on any atom is -0.497 e. The van der Waals surface area contributed by atoms with Crippen LogP contribution >= 0.6 is 0 Å². The number of carbonyl (C=O) groups is 1. The summed E-state index contributed by atoms with van der Waals surface area (Å²) >= 11 is 0. The summed E-state index contributed by atoms with van der Waals surface area (Å²) in [5.74, 6) is -1.88. The van der Waals surface area contributed by atoms with Crippen molar-refractivity contribution in [1.82, 2.24) is 4.31 Å². The van der Waals surface area contributed by atoms with E-state index in [9.17, 15) is 22.7 Å². The SMILES string of the molecule is COc1ccc(S(=O)(=O)N2C(C(=O)O)CC3CCCCC32)c(F)c1. The van der Waals surface area contributed by atoms with Crippen LogP contribution in [0.4, 0.5) is 4.39 Å². The summed E-state index contributed by atoms with van der Waals surface area (Å²) in [4.78, 5) is 11.1. The second-order valence-electron chi connectivity index (χ2n) is 6.33. The topological polar surface area (TPSA) is 83.9 Å². The molecule has 2 aliphatic rings. The number of rotatable bonds is 4. The van der Waals surface area contributed by atoms with Gasteiger partial charge in [-0.25, -0.2) is 12.8 Å². The Morgan fingerprint density at radius 1 is 1.33 bits per heavy atom. The number of benzene rings is 1. The first-order valence-corrected chi connectivity index (χ1v) is 9.40. The minimum atomic E-state index is -4.24. The van der Waals surface area contributed by atoms with E-state index in [0.717, 1.165) is 35.7 Å². The predicted molar refractivity (Wildman–Crippen MR) is 83.8 cm³/mol. The summed E-state index contributed by atoms with van der Waals surface area (Å²) in [6.45, 7) is 0. The van der Waals surface area contributed by atoms with Crippen molar-refractivity contribution in [3.05, 3.63) is 24.0 Å². The van der Waals surface area contributed by atoms with Gasteiger partial charge in [-0.05, 0) is 37.3 Å². The van der Waals surface area contributed by atoms with Gasteiger partial charge >= 0.3 is 5.97 Å². The van der Waals surface area contributed by atoms with Crippen molar-refractivity contribution in [2.45, 2.75) is 49.1 Å². The molecule has 6 nitrogen and oxygen atoms in total. The van der Waals surface area contributed by atoms with Crippen molar-refractivity contribution in [3.8, 4) is 5.75 Å². The normalized spacial score (nSPS) is 27.7. The molecule has 3 rings (SSSR count). The van der Waals surface area contributed by atoms with Crippen molar-refractivity contribution < 1.29 is 27.4 Å². The largest absolute Gasteiger partial charge is 0.497 e. The van der Waals surface area contributed by atoms with E-state index in [1.807, 2.05) is 0 Å². The molecule has 1 aliphatic carbocycles. The Labute approximate surface area is 140 Å². The number of methoxy groups -OCH3 is 1. The molecule has 0 spiro atoms. The van der Waals surface area contributed by atoms with E-state index in [2.05, 4.69) is 0 Å². The molecule has 3 unspecified atom stereocenters. The summed E-state index contributed by atoms with van der Waals surface area (Å²) in [5.41, 5.74) is 0.